The van der Waals surface area contributed by atoms with Crippen LogP contribution < -0.4 is 10.1 Å². The molecule has 5 heteroatoms. The van der Waals surface area contributed by atoms with E-state index in [1.54, 1.807) is 10.9 Å². The molecule has 0 aliphatic heterocycles. The third-order valence-corrected chi connectivity index (χ3v) is 3.85. The summed E-state index contributed by atoms with van der Waals surface area (Å²) in [7, 11) is 0. The second-order valence-corrected chi connectivity index (χ2v) is 5.96. The van der Waals surface area contributed by atoms with Gasteiger partial charge in [-0.05, 0) is 43.2 Å². The molecule has 0 saturated carbocycles. The number of ether oxygens (including phenoxy) is 1. The van der Waals surface area contributed by atoms with Crippen LogP contribution in [0.25, 0.3) is 5.69 Å². The van der Waals surface area contributed by atoms with Crippen molar-refractivity contribution >= 4 is 5.91 Å². The normalized spacial score (nSPS) is 10.5. The number of benzene rings is 2. The lowest BCUT2D eigenvalue weighted by Crippen LogP contribution is -2.28. The van der Waals surface area contributed by atoms with Gasteiger partial charge in [-0.3, -0.25) is 4.79 Å². The van der Waals surface area contributed by atoms with Crippen LogP contribution in [0, 0.1) is 13.8 Å². The molecule has 0 aliphatic carbocycles. The van der Waals surface area contributed by atoms with E-state index in [0.717, 1.165) is 28.1 Å². The zero-order chi connectivity index (χ0) is 17.6. The lowest BCUT2D eigenvalue weighted by molar-refractivity contribution is -0.123. The van der Waals surface area contributed by atoms with E-state index < -0.39 is 0 Å². The molecule has 128 valence electrons. The summed E-state index contributed by atoms with van der Waals surface area (Å²) >= 11 is 0. The first kappa shape index (κ1) is 16.8. The van der Waals surface area contributed by atoms with E-state index in [4.69, 9.17) is 4.74 Å². The predicted molar refractivity (Wildman–Crippen MR) is 96.8 cm³/mol. The largest absolute Gasteiger partial charge is 0.483 e. The van der Waals surface area contributed by atoms with Gasteiger partial charge in [-0.15, -0.1) is 0 Å². The summed E-state index contributed by atoms with van der Waals surface area (Å²) in [5.41, 5.74) is 4.04. The predicted octanol–water partition coefficient (Wildman–Crippen LogP) is 3.18. The molecular weight excluding hydrogens is 314 g/mol. The average Bonchev–Trinajstić information content (AvgIpc) is 3.10. The number of para-hydroxylation sites is 1. The third-order valence-electron chi connectivity index (χ3n) is 3.85. The number of aromatic nitrogens is 2. The van der Waals surface area contributed by atoms with Crippen molar-refractivity contribution < 1.29 is 9.53 Å². The molecule has 3 aromatic rings. The highest BCUT2D eigenvalue weighted by atomic mass is 16.5. The lowest BCUT2D eigenvalue weighted by atomic mass is 10.1. The van der Waals surface area contributed by atoms with Gasteiger partial charge in [0, 0.05) is 18.3 Å². The Labute approximate surface area is 147 Å². The minimum Gasteiger partial charge on any atom is -0.483 e. The van der Waals surface area contributed by atoms with Crippen LogP contribution in [0.5, 0.6) is 5.75 Å². The number of aryl methyl sites for hydroxylation is 2. The van der Waals surface area contributed by atoms with Gasteiger partial charge in [0.15, 0.2) is 6.61 Å². The maximum absolute atomic E-state index is 12.0. The fourth-order valence-corrected chi connectivity index (χ4v) is 2.43. The van der Waals surface area contributed by atoms with Gasteiger partial charge in [-0.25, -0.2) is 4.68 Å². The van der Waals surface area contributed by atoms with Crippen molar-refractivity contribution in [2.75, 3.05) is 6.61 Å². The number of carbonyl (C=O) groups excluding carboxylic acids is 1. The Morgan fingerprint density at radius 3 is 2.76 bits per heavy atom. The monoisotopic (exact) mass is 335 g/mol. The van der Waals surface area contributed by atoms with Crippen molar-refractivity contribution in [3.63, 3.8) is 0 Å². The summed E-state index contributed by atoms with van der Waals surface area (Å²) in [4.78, 5) is 12.0. The molecule has 1 heterocycles. The topological polar surface area (TPSA) is 56.1 Å². The first-order valence-electron chi connectivity index (χ1n) is 8.17. The van der Waals surface area contributed by atoms with Crippen LogP contribution in [0.4, 0.5) is 0 Å². The van der Waals surface area contributed by atoms with Gasteiger partial charge in [0.25, 0.3) is 5.91 Å². The Kier molecular flexibility index (Phi) is 5.14. The minimum atomic E-state index is -0.159. The fourth-order valence-electron chi connectivity index (χ4n) is 2.43. The molecular formula is C20H21N3O2. The molecule has 1 N–H and O–H groups in total. The highest BCUT2D eigenvalue weighted by Crippen LogP contribution is 2.18. The molecule has 0 saturated heterocycles. The van der Waals surface area contributed by atoms with E-state index in [2.05, 4.69) is 10.4 Å². The van der Waals surface area contributed by atoms with Gasteiger partial charge >= 0.3 is 0 Å². The van der Waals surface area contributed by atoms with Gasteiger partial charge in [0.1, 0.15) is 5.75 Å². The molecule has 5 nitrogen and oxygen atoms in total. The van der Waals surface area contributed by atoms with Crippen molar-refractivity contribution in [1.29, 1.82) is 0 Å². The number of nitrogens with one attached hydrogen (secondary N) is 1. The molecule has 0 atom stereocenters. The third kappa shape index (κ3) is 4.47. The number of hydrogen-bond donors (Lipinski definition) is 1. The van der Waals surface area contributed by atoms with Crippen LogP contribution in [0.15, 0.2) is 60.9 Å². The van der Waals surface area contributed by atoms with Crippen molar-refractivity contribution in [3.8, 4) is 11.4 Å². The molecule has 0 bridgehead atoms. The van der Waals surface area contributed by atoms with E-state index in [-0.39, 0.29) is 12.5 Å². The first-order valence-corrected chi connectivity index (χ1v) is 8.17. The molecule has 1 amide bonds. The Hall–Kier alpha value is -3.08. The molecule has 0 radical (unpaired) electrons. The van der Waals surface area contributed by atoms with Crippen molar-refractivity contribution in [3.05, 3.63) is 77.6 Å². The van der Waals surface area contributed by atoms with Crippen LogP contribution >= 0.6 is 0 Å². The van der Waals surface area contributed by atoms with Gasteiger partial charge in [0.2, 0.25) is 0 Å². The van der Waals surface area contributed by atoms with E-state index in [9.17, 15) is 4.79 Å². The highest BCUT2D eigenvalue weighted by molar-refractivity contribution is 5.77. The first-order chi connectivity index (χ1) is 12.1. The van der Waals surface area contributed by atoms with Crippen molar-refractivity contribution in [2.24, 2.45) is 0 Å². The highest BCUT2D eigenvalue weighted by Gasteiger charge is 2.07. The standard InChI is InChI=1S/C20H21N3O2/c1-15-8-9-16(2)19(10-15)25-14-20(24)21-11-17-12-22-23(13-17)18-6-4-3-5-7-18/h3-10,12-13H,11,14H2,1-2H3,(H,21,24). The number of hydrogen-bond acceptors (Lipinski definition) is 3. The number of rotatable bonds is 6. The zero-order valence-corrected chi connectivity index (χ0v) is 14.4. The van der Waals surface area contributed by atoms with Crippen LogP contribution in [0.1, 0.15) is 16.7 Å². The van der Waals surface area contributed by atoms with E-state index in [1.165, 1.54) is 0 Å². The summed E-state index contributed by atoms with van der Waals surface area (Å²) < 4.78 is 7.40. The molecule has 0 spiro atoms. The smallest absolute Gasteiger partial charge is 0.258 e. The lowest BCUT2D eigenvalue weighted by Gasteiger charge is -2.10. The zero-order valence-electron chi connectivity index (χ0n) is 14.4. The van der Waals surface area contributed by atoms with Gasteiger partial charge in [0.05, 0.1) is 11.9 Å². The molecule has 0 aliphatic rings. The Bertz CT molecular complexity index is 856. The van der Waals surface area contributed by atoms with Crippen LogP contribution in [-0.4, -0.2) is 22.3 Å². The summed E-state index contributed by atoms with van der Waals surface area (Å²) in [6, 6.07) is 15.8. The number of carbonyl (C=O) groups is 1. The number of nitrogens with zero attached hydrogens (tertiary/aromatic N) is 2. The SMILES string of the molecule is Cc1ccc(C)c(OCC(=O)NCc2cnn(-c3ccccc3)c2)c1. The quantitative estimate of drug-likeness (QED) is 0.753. The average molecular weight is 335 g/mol. The van der Waals surface area contributed by atoms with Crippen LogP contribution in [0.2, 0.25) is 0 Å². The van der Waals surface area contributed by atoms with Gasteiger partial charge < -0.3 is 10.1 Å². The molecule has 25 heavy (non-hydrogen) atoms. The Morgan fingerprint density at radius 1 is 1.16 bits per heavy atom. The minimum absolute atomic E-state index is 0.00286. The molecule has 1 aromatic heterocycles. The molecule has 0 fully saturated rings. The van der Waals surface area contributed by atoms with Crippen molar-refractivity contribution in [2.45, 2.75) is 20.4 Å². The van der Waals surface area contributed by atoms with E-state index in [1.807, 2.05) is 68.6 Å². The van der Waals surface area contributed by atoms with Crippen LogP contribution in [-0.2, 0) is 11.3 Å². The maximum atomic E-state index is 12.0. The second-order valence-electron chi connectivity index (χ2n) is 5.96. The fraction of sp³-hybridized carbons (Fsp3) is 0.200. The maximum Gasteiger partial charge on any atom is 0.258 e. The summed E-state index contributed by atoms with van der Waals surface area (Å²) in [6.45, 7) is 4.38. The number of amides is 1. The van der Waals surface area contributed by atoms with Crippen molar-refractivity contribution in [1.82, 2.24) is 15.1 Å². The molecule has 3 rings (SSSR count). The van der Waals surface area contributed by atoms with Gasteiger partial charge in [-0.1, -0.05) is 30.3 Å². The second kappa shape index (κ2) is 7.66. The summed E-state index contributed by atoms with van der Waals surface area (Å²) in [6.07, 6.45) is 3.65. The van der Waals surface area contributed by atoms with E-state index in [0.29, 0.717) is 6.54 Å². The molecule has 0 unspecified atom stereocenters. The van der Waals surface area contributed by atoms with E-state index >= 15 is 0 Å². The summed E-state index contributed by atoms with van der Waals surface area (Å²) in [5, 5.41) is 7.16. The summed E-state index contributed by atoms with van der Waals surface area (Å²) in [5.74, 6) is 0.584. The van der Waals surface area contributed by atoms with Crippen LogP contribution in [0.3, 0.4) is 0 Å². The Balaban J connectivity index is 1.51. The molecule has 2 aromatic carbocycles. The van der Waals surface area contributed by atoms with Gasteiger partial charge in [-0.2, -0.15) is 5.10 Å². The Morgan fingerprint density at radius 2 is 1.96 bits per heavy atom.